The van der Waals surface area contributed by atoms with Gasteiger partial charge >= 0.3 is 18.0 Å². The average Bonchev–Trinajstić information content (AvgIpc) is 2.66. The molecular weight excluding hydrogens is 581 g/mol. The van der Waals surface area contributed by atoms with Crippen LogP contribution in [0.15, 0.2) is 30.3 Å². The molecule has 2 aromatic rings. The molecule has 0 saturated heterocycles. The number of benzene rings is 2. The number of hydrogen-bond donors (Lipinski definition) is 3. The van der Waals surface area contributed by atoms with Crippen molar-refractivity contribution >= 4 is 39.9 Å². The summed E-state index contributed by atoms with van der Waals surface area (Å²) in [5, 5.41) is 10.5. The third-order valence-corrected chi connectivity index (χ3v) is 4.99. The molecule has 4 nitrogen and oxygen atoms in total. The highest BCUT2D eigenvalue weighted by Crippen LogP contribution is 2.54. The van der Waals surface area contributed by atoms with Crippen LogP contribution in [0.1, 0.15) is 27.9 Å². The lowest BCUT2D eigenvalue weighted by atomic mass is 9.92. The zero-order valence-electron chi connectivity index (χ0n) is 15.0. The van der Waals surface area contributed by atoms with Crippen LogP contribution in [0.25, 0.3) is 0 Å². The summed E-state index contributed by atoms with van der Waals surface area (Å²) in [6.07, 6.45) is -16.8. The van der Waals surface area contributed by atoms with Gasteiger partial charge in [0.25, 0.3) is 12.3 Å². The molecule has 0 saturated carbocycles. The van der Waals surface area contributed by atoms with E-state index in [1.807, 2.05) is 0 Å². The Bertz CT molecular complexity index is 1010. The molecule has 32 heavy (non-hydrogen) atoms. The average molecular weight is 590 g/mol. The molecule has 0 unspecified atom stereocenters. The van der Waals surface area contributed by atoms with Crippen molar-refractivity contribution in [2.45, 2.75) is 24.4 Å². The molecule has 0 spiro atoms. The minimum Gasteiger partial charge on any atom is -0.320 e. The van der Waals surface area contributed by atoms with Gasteiger partial charge in [-0.25, -0.2) is 17.6 Å². The van der Waals surface area contributed by atoms with E-state index in [2.05, 4.69) is 0 Å². The smallest absolute Gasteiger partial charge is 0.320 e. The third kappa shape index (κ3) is 4.57. The second-order valence-electron chi connectivity index (χ2n) is 6.11. The number of halogens is 11. The molecule has 2 aromatic carbocycles. The van der Waals surface area contributed by atoms with Crippen LogP contribution in [-0.4, -0.2) is 23.5 Å². The predicted octanol–water partition coefficient (Wildman–Crippen LogP) is 6.71. The van der Waals surface area contributed by atoms with E-state index in [1.54, 1.807) is 5.32 Å². The largest absolute Gasteiger partial charge is 0.435 e. The maximum absolute atomic E-state index is 14.3. The number of carbonyl (C=O) groups is 1. The zero-order chi connectivity index (χ0) is 24.6. The summed E-state index contributed by atoms with van der Waals surface area (Å²) in [6.45, 7) is 0. The summed E-state index contributed by atoms with van der Waals surface area (Å²) in [6, 6.07) is 2.54. The highest BCUT2D eigenvalue weighted by atomic mass is 127. The second-order valence-corrected chi connectivity index (χ2v) is 7.27. The molecule has 0 aliphatic carbocycles. The molecule has 15 heteroatoms. The van der Waals surface area contributed by atoms with Gasteiger partial charge in [-0.05, 0) is 46.9 Å². The van der Waals surface area contributed by atoms with Crippen LogP contribution in [-0.2, 0) is 5.67 Å². The van der Waals surface area contributed by atoms with Crippen LogP contribution in [0.2, 0.25) is 0 Å². The fourth-order valence-electron chi connectivity index (χ4n) is 2.59. The topological polar surface area (TPSA) is 61.4 Å². The van der Waals surface area contributed by atoms with E-state index in [0.717, 1.165) is 40.8 Å². The maximum atomic E-state index is 14.3. The highest BCUT2D eigenvalue weighted by molar-refractivity contribution is 14.1. The quantitative estimate of drug-likeness (QED) is 0.206. The number of anilines is 2. The van der Waals surface area contributed by atoms with E-state index in [4.69, 9.17) is 5.21 Å². The summed E-state index contributed by atoms with van der Waals surface area (Å²) in [4.78, 5) is 12.3. The van der Waals surface area contributed by atoms with Gasteiger partial charge in [-0.1, -0.05) is 6.07 Å². The lowest BCUT2D eigenvalue weighted by Gasteiger charge is -2.31. The van der Waals surface area contributed by atoms with Crippen molar-refractivity contribution in [3.05, 3.63) is 56.4 Å². The standard InChI is InChI=1S/C17H9F10IN2O2/c18-11-7(2-1-3-10(11)30-32)14(31)29-12-8(13(19)20)4-6(5-9(12)28)15(21,16(22,23)24)17(25,26)27/h1-5,13,30,32H,(H,29,31). The number of amides is 1. The van der Waals surface area contributed by atoms with Crippen LogP contribution < -0.4 is 10.8 Å². The molecule has 0 fully saturated rings. The molecular formula is C17H9F10IN2O2. The van der Waals surface area contributed by atoms with Crippen LogP contribution in [0.4, 0.5) is 55.3 Å². The van der Waals surface area contributed by atoms with Crippen LogP contribution in [0.5, 0.6) is 0 Å². The van der Waals surface area contributed by atoms with Gasteiger partial charge in [0, 0.05) is 14.7 Å². The predicted molar refractivity (Wildman–Crippen MR) is 98.8 cm³/mol. The third-order valence-electron chi connectivity index (χ3n) is 4.14. The molecule has 0 radical (unpaired) electrons. The van der Waals surface area contributed by atoms with Crippen molar-refractivity contribution in [1.29, 1.82) is 0 Å². The number of carbonyl (C=O) groups excluding carboxylic acids is 1. The Morgan fingerprint density at radius 1 is 1.00 bits per heavy atom. The van der Waals surface area contributed by atoms with Gasteiger partial charge in [-0.3, -0.25) is 15.5 Å². The van der Waals surface area contributed by atoms with Gasteiger partial charge in [0.15, 0.2) is 5.82 Å². The highest BCUT2D eigenvalue weighted by Gasteiger charge is 2.73. The van der Waals surface area contributed by atoms with Gasteiger partial charge < -0.3 is 5.32 Å². The molecule has 0 heterocycles. The van der Waals surface area contributed by atoms with E-state index in [1.165, 1.54) is 5.48 Å². The zero-order valence-corrected chi connectivity index (χ0v) is 17.1. The fourth-order valence-corrected chi connectivity index (χ4v) is 3.38. The molecule has 0 aromatic heterocycles. The first-order valence-corrected chi connectivity index (χ1v) is 9.08. The van der Waals surface area contributed by atoms with E-state index in [-0.39, 0.29) is 12.1 Å². The Morgan fingerprint density at radius 3 is 2.03 bits per heavy atom. The molecule has 3 N–H and O–H groups in total. The Hall–Kier alpha value is -2.30. The van der Waals surface area contributed by atoms with E-state index in [0.29, 0.717) is 0 Å². The molecule has 176 valence electrons. The van der Waals surface area contributed by atoms with Crippen molar-refractivity contribution in [3.63, 3.8) is 0 Å². The first kappa shape index (κ1) is 26.0. The first-order valence-electron chi connectivity index (χ1n) is 8.00. The number of rotatable bonds is 5. The fraction of sp³-hybridized carbons (Fsp3) is 0.235. The van der Waals surface area contributed by atoms with Gasteiger partial charge in [-0.2, -0.15) is 26.3 Å². The second kappa shape index (κ2) is 8.92. The van der Waals surface area contributed by atoms with Crippen molar-refractivity contribution in [1.82, 2.24) is 0 Å². The lowest BCUT2D eigenvalue weighted by Crippen LogP contribution is -2.50. The van der Waals surface area contributed by atoms with Crippen LogP contribution in [0, 0.1) is 9.39 Å². The minimum absolute atomic E-state index is 0.00884. The van der Waals surface area contributed by atoms with Gasteiger partial charge in [0.1, 0.15) is 0 Å². The normalized spacial score (nSPS) is 12.8. The van der Waals surface area contributed by atoms with Crippen molar-refractivity contribution in [2.24, 2.45) is 0 Å². The summed E-state index contributed by atoms with van der Waals surface area (Å²) in [5.41, 5.74) is -10.6. The first-order chi connectivity index (χ1) is 14.6. The lowest BCUT2D eigenvalue weighted by molar-refractivity contribution is -0.348. The van der Waals surface area contributed by atoms with Crippen molar-refractivity contribution < 1.29 is 53.9 Å². The van der Waals surface area contributed by atoms with Crippen molar-refractivity contribution in [2.75, 3.05) is 10.8 Å². The van der Waals surface area contributed by atoms with Crippen molar-refractivity contribution in [3.8, 4) is 0 Å². The molecule has 2 rings (SSSR count). The van der Waals surface area contributed by atoms with Crippen LogP contribution >= 0.6 is 22.6 Å². The number of nitrogens with one attached hydrogen (secondary N) is 2. The molecule has 0 atom stereocenters. The summed E-state index contributed by atoms with van der Waals surface area (Å²) in [5.74, 6) is -2.76. The Kier molecular flexibility index (Phi) is 7.23. The number of hydrogen-bond acceptors (Lipinski definition) is 3. The van der Waals surface area contributed by atoms with Crippen LogP contribution in [0.3, 0.4) is 0 Å². The van der Waals surface area contributed by atoms with Gasteiger partial charge in [0.05, 0.1) is 16.9 Å². The molecule has 0 aliphatic heterocycles. The monoisotopic (exact) mass is 590 g/mol. The van der Waals surface area contributed by atoms with E-state index >= 15 is 0 Å². The molecule has 1 amide bonds. The summed E-state index contributed by atoms with van der Waals surface area (Å²) >= 11 is 1.02. The Balaban J connectivity index is 2.64. The van der Waals surface area contributed by atoms with E-state index in [9.17, 15) is 48.7 Å². The SMILES string of the molecule is O=C(Nc1c(I)cc(C(F)(C(F)(F)F)C(F)(F)F)cc1C(F)F)c1cccc(NO)c1F. The Morgan fingerprint density at radius 2 is 1.56 bits per heavy atom. The summed E-state index contributed by atoms with van der Waals surface area (Å²) in [7, 11) is 0. The van der Waals surface area contributed by atoms with Gasteiger partial charge in [0.2, 0.25) is 0 Å². The maximum Gasteiger partial charge on any atom is 0.435 e. The number of alkyl halides is 9. The minimum atomic E-state index is -6.54. The molecule has 0 bridgehead atoms. The summed E-state index contributed by atoms with van der Waals surface area (Å²) < 4.78 is 132. The van der Waals surface area contributed by atoms with E-state index < -0.39 is 67.8 Å². The Labute approximate surface area is 185 Å². The molecule has 0 aliphatic rings. The van der Waals surface area contributed by atoms with Gasteiger partial charge in [-0.15, -0.1) is 0 Å².